The number of halogens is 1. The second kappa shape index (κ2) is 5.61. The summed E-state index contributed by atoms with van der Waals surface area (Å²) in [5.74, 6) is 3.77. The number of rotatable bonds is 3. The summed E-state index contributed by atoms with van der Waals surface area (Å²) in [6.07, 6.45) is 0. The Morgan fingerprint density at radius 2 is 2.00 bits per heavy atom. The van der Waals surface area contributed by atoms with Crippen LogP contribution in [0, 0.1) is 0 Å². The Labute approximate surface area is 131 Å². The molecule has 0 radical (unpaired) electrons. The highest BCUT2D eigenvalue weighted by molar-refractivity contribution is 7.98. The number of aromatic nitrogens is 2. The summed E-state index contributed by atoms with van der Waals surface area (Å²) in [5.41, 5.74) is 8.71. The Bertz CT molecular complexity index is 709. The SMILES string of the molecule is COc1ccc(-c2nc(N)c3c(n2)CSC3)c(Cl)c1OC. The van der Waals surface area contributed by atoms with Crippen LogP contribution in [0.5, 0.6) is 11.5 Å². The Morgan fingerprint density at radius 1 is 1.19 bits per heavy atom. The molecule has 21 heavy (non-hydrogen) atoms. The molecule has 0 spiro atoms. The normalized spacial score (nSPS) is 13.1. The molecule has 0 amide bonds. The van der Waals surface area contributed by atoms with Gasteiger partial charge in [-0.1, -0.05) is 11.6 Å². The number of hydrogen-bond donors (Lipinski definition) is 1. The summed E-state index contributed by atoms with van der Waals surface area (Å²) >= 11 is 8.18. The van der Waals surface area contributed by atoms with Crippen molar-refractivity contribution >= 4 is 29.2 Å². The third-order valence-corrected chi connectivity index (χ3v) is 4.68. The zero-order valence-corrected chi connectivity index (χ0v) is 13.2. The molecule has 2 heterocycles. The first-order valence-corrected chi connectivity index (χ1v) is 7.82. The van der Waals surface area contributed by atoms with Gasteiger partial charge >= 0.3 is 0 Å². The minimum atomic E-state index is 0.418. The van der Waals surface area contributed by atoms with Gasteiger partial charge in [-0.15, -0.1) is 0 Å². The summed E-state index contributed by atoms with van der Waals surface area (Å²) in [5, 5.41) is 0.418. The first-order chi connectivity index (χ1) is 10.2. The molecule has 110 valence electrons. The van der Waals surface area contributed by atoms with E-state index in [9.17, 15) is 0 Å². The van der Waals surface area contributed by atoms with Crippen LogP contribution in [0.25, 0.3) is 11.4 Å². The first kappa shape index (κ1) is 14.3. The lowest BCUT2D eigenvalue weighted by molar-refractivity contribution is 0.355. The van der Waals surface area contributed by atoms with Crippen molar-refractivity contribution < 1.29 is 9.47 Å². The summed E-state index contributed by atoms with van der Waals surface area (Å²) < 4.78 is 10.5. The van der Waals surface area contributed by atoms with Crippen molar-refractivity contribution in [3.05, 3.63) is 28.4 Å². The molecule has 0 fully saturated rings. The van der Waals surface area contributed by atoms with E-state index < -0.39 is 0 Å². The van der Waals surface area contributed by atoms with Gasteiger partial charge in [-0.25, -0.2) is 9.97 Å². The molecule has 1 aromatic heterocycles. The predicted molar refractivity (Wildman–Crippen MR) is 85.0 cm³/mol. The number of methoxy groups -OCH3 is 2. The minimum absolute atomic E-state index is 0.418. The molecular formula is C14H14ClN3O2S. The van der Waals surface area contributed by atoms with Crippen molar-refractivity contribution in [2.45, 2.75) is 11.5 Å². The predicted octanol–water partition coefficient (Wildman–Crippen LogP) is 3.14. The van der Waals surface area contributed by atoms with Gasteiger partial charge in [0.05, 0.1) is 24.9 Å². The number of ether oxygens (including phenoxy) is 2. The van der Waals surface area contributed by atoms with Crippen molar-refractivity contribution in [3.8, 4) is 22.9 Å². The zero-order valence-electron chi connectivity index (χ0n) is 11.6. The van der Waals surface area contributed by atoms with E-state index in [1.165, 1.54) is 0 Å². The third kappa shape index (κ3) is 2.38. The molecule has 1 aliphatic heterocycles. The van der Waals surface area contributed by atoms with E-state index >= 15 is 0 Å². The summed E-state index contributed by atoms with van der Waals surface area (Å²) in [4.78, 5) is 8.96. The highest BCUT2D eigenvalue weighted by Gasteiger charge is 2.21. The van der Waals surface area contributed by atoms with Gasteiger partial charge in [-0.05, 0) is 12.1 Å². The highest BCUT2D eigenvalue weighted by atomic mass is 35.5. The largest absolute Gasteiger partial charge is 0.493 e. The maximum absolute atomic E-state index is 6.40. The lowest BCUT2D eigenvalue weighted by Crippen LogP contribution is -2.03. The van der Waals surface area contributed by atoms with Gasteiger partial charge in [-0.2, -0.15) is 11.8 Å². The molecule has 2 aromatic rings. The molecule has 0 bridgehead atoms. The van der Waals surface area contributed by atoms with Crippen LogP contribution in [0.1, 0.15) is 11.3 Å². The van der Waals surface area contributed by atoms with E-state index in [1.54, 1.807) is 32.0 Å². The number of nitrogens with two attached hydrogens (primary N) is 1. The molecule has 0 saturated carbocycles. The van der Waals surface area contributed by atoms with Crippen LogP contribution in [-0.2, 0) is 11.5 Å². The molecule has 1 aliphatic rings. The zero-order chi connectivity index (χ0) is 15.0. The molecule has 0 saturated heterocycles. The molecular weight excluding hydrogens is 310 g/mol. The maximum Gasteiger partial charge on any atom is 0.180 e. The minimum Gasteiger partial charge on any atom is -0.493 e. The topological polar surface area (TPSA) is 70.3 Å². The molecule has 0 unspecified atom stereocenters. The fraction of sp³-hybridized carbons (Fsp3) is 0.286. The van der Waals surface area contributed by atoms with Crippen molar-refractivity contribution in [1.29, 1.82) is 0 Å². The smallest absolute Gasteiger partial charge is 0.180 e. The van der Waals surface area contributed by atoms with E-state index in [2.05, 4.69) is 9.97 Å². The van der Waals surface area contributed by atoms with E-state index in [1.807, 2.05) is 6.07 Å². The van der Waals surface area contributed by atoms with Gasteiger partial charge in [0.25, 0.3) is 0 Å². The molecule has 5 nitrogen and oxygen atoms in total. The van der Waals surface area contributed by atoms with Crippen LogP contribution in [0.15, 0.2) is 12.1 Å². The average molecular weight is 324 g/mol. The highest BCUT2D eigenvalue weighted by Crippen LogP contribution is 2.42. The average Bonchev–Trinajstić information content (AvgIpc) is 2.95. The lowest BCUT2D eigenvalue weighted by Gasteiger charge is -2.13. The van der Waals surface area contributed by atoms with Crippen LogP contribution in [0.2, 0.25) is 5.02 Å². The van der Waals surface area contributed by atoms with Gasteiger partial charge < -0.3 is 15.2 Å². The van der Waals surface area contributed by atoms with Gasteiger partial charge in [0, 0.05) is 22.6 Å². The van der Waals surface area contributed by atoms with Crippen molar-refractivity contribution in [2.75, 3.05) is 20.0 Å². The van der Waals surface area contributed by atoms with E-state index in [0.717, 1.165) is 22.8 Å². The maximum atomic E-state index is 6.40. The first-order valence-electron chi connectivity index (χ1n) is 6.29. The van der Waals surface area contributed by atoms with Crippen LogP contribution in [-0.4, -0.2) is 24.2 Å². The Kier molecular flexibility index (Phi) is 3.82. The quantitative estimate of drug-likeness (QED) is 0.935. The van der Waals surface area contributed by atoms with Gasteiger partial charge in [0.1, 0.15) is 5.82 Å². The number of nitrogen functional groups attached to an aromatic ring is 1. The number of benzene rings is 1. The van der Waals surface area contributed by atoms with Crippen LogP contribution in [0.4, 0.5) is 5.82 Å². The number of nitrogens with zero attached hydrogens (tertiary/aromatic N) is 2. The summed E-state index contributed by atoms with van der Waals surface area (Å²) in [7, 11) is 3.11. The second-order valence-electron chi connectivity index (χ2n) is 4.51. The van der Waals surface area contributed by atoms with Crippen molar-refractivity contribution in [2.24, 2.45) is 0 Å². The monoisotopic (exact) mass is 323 g/mol. The van der Waals surface area contributed by atoms with E-state index in [0.29, 0.717) is 33.7 Å². The van der Waals surface area contributed by atoms with Gasteiger partial charge in [0.15, 0.2) is 17.3 Å². The van der Waals surface area contributed by atoms with Crippen LogP contribution in [0.3, 0.4) is 0 Å². The Morgan fingerprint density at radius 3 is 2.71 bits per heavy atom. The number of hydrogen-bond acceptors (Lipinski definition) is 6. The molecule has 0 aliphatic carbocycles. The van der Waals surface area contributed by atoms with E-state index in [-0.39, 0.29) is 0 Å². The molecule has 1 aromatic carbocycles. The second-order valence-corrected chi connectivity index (χ2v) is 5.88. The number of anilines is 1. The third-order valence-electron chi connectivity index (χ3n) is 3.34. The van der Waals surface area contributed by atoms with Gasteiger partial charge in [0.2, 0.25) is 0 Å². The van der Waals surface area contributed by atoms with E-state index in [4.69, 9.17) is 26.8 Å². The summed E-state index contributed by atoms with van der Waals surface area (Å²) in [6, 6.07) is 3.59. The summed E-state index contributed by atoms with van der Waals surface area (Å²) in [6.45, 7) is 0. The lowest BCUT2D eigenvalue weighted by atomic mass is 10.1. The Hall–Kier alpha value is -1.66. The molecule has 0 atom stereocenters. The van der Waals surface area contributed by atoms with Crippen LogP contribution >= 0.6 is 23.4 Å². The molecule has 7 heteroatoms. The van der Waals surface area contributed by atoms with Crippen molar-refractivity contribution in [1.82, 2.24) is 9.97 Å². The fourth-order valence-corrected chi connectivity index (χ4v) is 3.63. The van der Waals surface area contributed by atoms with Crippen LogP contribution < -0.4 is 15.2 Å². The molecule has 2 N–H and O–H groups in total. The fourth-order valence-electron chi connectivity index (χ4n) is 2.26. The standard InChI is InChI=1S/C14H14ClN3O2S/c1-19-10-4-3-7(11(15)12(10)20-2)14-17-9-6-21-5-8(9)13(16)18-14/h3-4H,5-6H2,1-2H3,(H2,16,17,18). The number of thioether (sulfide) groups is 1. The van der Waals surface area contributed by atoms with Gasteiger partial charge in [-0.3, -0.25) is 0 Å². The number of fused-ring (bicyclic) bond motifs is 1. The van der Waals surface area contributed by atoms with Crippen molar-refractivity contribution in [3.63, 3.8) is 0 Å². The Balaban J connectivity index is 2.15. The molecule has 3 rings (SSSR count).